The Balaban J connectivity index is 1.41. The highest BCUT2D eigenvalue weighted by Gasteiger charge is 2.30. The molecule has 1 aliphatic heterocycles. The molecule has 8 heteroatoms. The lowest BCUT2D eigenvalue weighted by Crippen LogP contribution is -2.12. The van der Waals surface area contributed by atoms with Crippen LogP contribution >= 0.6 is 0 Å². The topological polar surface area (TPSA) is 105 Å². The Labute approximate surface area is 170 Å². The number of aryl methyl sites for hydroxylation is 1. The molecule has 0 spiro atoms. The maximum Gasteiger partial charge on any atom is 0.264 e. The van der Waals surface area contributed by atoms with E-state index in [1.807, 2.05) is 43.3 Å². The van der Waals surface area contributed by atoms with E-state index in [0.29, 0.717) is 17.3 Å². The molecular weight excluding hydrogens is 382 g/mol. The van der Waals surface area contributed by atoms with Crippen LogP contribution in [0.25, 0.3) is 17.0 Å². The number of carbonyl (C=O) groups is 1. The van der Waals surface area contributed by atoms with Gasteiger partial charge in [-0.2, -0.15) is 0 Å². The lowest BCUT2D eigenvalue weighted by atomic mass is 10.0. The predicted octanol–water partition coefficient (Wildman–Crippen LogP) is 3.57. The van der Waals surface area contributed by atoms with E-state index >= 15 is 0 Å². The number of nitrogens with one attached hydrogen (secondary N) is 2. The van der Waals surface area contributed by atoms with Gasteiger partial charge in [0.15, 0.2) is 0 Å². The number of pyridine rings is 1. The Hall–Kier alpha value is -4.20. The second-order valence-corrected chi connectivity index (χ2v) is 7.00. The van der Waals surface area contributed by atoms with Crippen molar-refractivity contribution in [2.24, 2.45) is 4.99 Å². The summed E-state index contributed by atoms with van der Waals surface area (Å²) < 4.78 is 7.13. The normalized spacial score (nSPS) is 15.5. The number of aromatic amines is 1. The second-order valence-electron chi connectivity index (χ2n) is 7.00. The Morgan fingerprint density at radius 2 is 2.00 bits per heavy atom. The molecule has 1 amide bonds. The van der Waals surface area contributed by atoms with Gasteiger partial charge in [0.2, 0.25) is 5.91 Å². The van der Waals surface area contributed by atoms with Crippen molar-refractivity contribution in [1.82, 2.24) is 14.8 Å². The number of amides is 1. The van der Waals surface area contributed by atoms with Crippen LogP contribution in [0.4, 0.5) is 11.5 Å². The fraction of sp³-hybridized carbons (Fsp3) is 0.0909. The van der Waals surface area contributed by atoms with Gasteiger partial charge in [0, 0.05) is 35.3 Å². The molecule has 148 valence electrons. The number of H-pyrrole nitrogens is 1. The van der Waals surface area contributed by atoms with Gasteiger partial charge in [-0.05, 0) is 49.4 Å². The first-order valence-corrected chi connectivity index (χ1v) is 9.36. The third kappa shape index (κ3) is 3.14. The fourth-order valence-electron chi connectivity index (χ4n) is 3.49. The third-order valence-corrected chi connectivity index (χ3v) is 4.98. The van der Waals surface area contributed by atoms with Gasteiger partial charge in [-0.3, -0.25) is 24.4 Å². The van der Waals surface area contributed by atoms with Gasteiger partial charge >= 0.3 is 0 Å². The fourth-order valence-corrected chi connectivity index (χ4v) is 3.49. The van der Waals surface area contributed by atoms with Crippen LogP contribution in [-0.4, -0.2) is 26.9 Å². The summed E-state index contributed by atoms with van der Waals surface area (Å²) in [6.45, 7) is 1.85. The van der Waals surface area contributed by atoms with Crippen LogP contribution in [0.5, 0.6) is 0 Å². The molecule has 2 N–H and O–H groups in total. The molecule has 1 atom stereocenters. The number of benzene rings is 1. The van der Waals surface area contributed by atoms with Crippen LogP contribution in [0, 0.1) is 6.92 Å². The van der Waals surface area contributed by atoms with Crippen LogP contribution in [-0.2, 0) is 4.79 Å². The zero-order valence-electron chi connectivity index (χ0n) is 16.0. The molecule has 4 heterocycles. The Morgan fingerprint density at radius 1 is 1.17 bits per heavy atom. The van der Waals surface area contributed by atoms with Crippen LogP contribution in [0.1, 0.15) is 17.2 Å². The van der Waals surface area contributed by atoms with E-state index in [1.54, 1.807) is 29.4 Å². The zero-order chi connectivity index (χ0) is 20.7. The number of nitrogens with zero attached hydrogens (tertiary/aromatic N) is 3. The summed E-state index contributed by atoms with van der Waals surface area (Å²) in [5.41, 5.74) is 3.74. The number of aliphatic imine (C=N–C) groups is 1. The van der Waals surface area contributed by atoms with E-state index in [9.17, 15) is 9.59 Å². The molecular formula is C22H17N5O3. The average molecular weight is 399 g/mol. The van der Waals surface area contributed by atoms with Crippen molar-refractivity contribution in [2.75, 3.05) is 5.32 Å². The minimum atomic E-state index is -0.537. The molecule has 0 saturated heterocycles. The van der Waals surface area contributed by atoms with E-state index in [4.69, 9.17) is 4.42 Å². The van der Waals surface area contributed by atoms with E-state index in [0.717, 1.165) is 22.5 Å². The van der Waals surface area contributed by atoms with Crippen LogP contribution < -0.4 is 10.9 Å². The van der Waals surface area contributed by atoms with Crippen molar-refractivity contribution in [3.05, 3.63) is 82.6 Å². The Bertz CT molecular complexity index is 1310. The molecule has 0 aliphatic carbocycles. The number of carbonyl (C=O) groups excluding carboxylic acids is 1. The predicted molar refractivity (Wildman–Crippen MR) is 113 cm³/mol. The summed E-state index contributed by atoms with van der Waals surface area (Å²) in [5.74, 6) is 0.517. The number of hydrogen-bond acceptors (Lipinski definition) is 5. The highest BCUT2D eigenvalue weighted by Crippen LogP contribution is 2.33. The number of furan rings is 1. The van der Waals surface area contributed by atoms with E-state index in [-0.39, 0.29) is 11.5 Å². The molecule has 30 heavy (non-hydrogen) atoms. The van der Waals surface area contributed by atoms with Crippen molar-refractivity contribution >= 4 is 23.6 Å². The number of rotatable bonds is 4. The van der Waals surface area contributed by atoms with Gasteiger partial charge in [0.25, 0.3) is 5.56 Å². The minimum Gasteiger partial charge on any atom is -0.464 e. The average Bonchev–Trinajstić information content (AvgIpc) is 3.45. The maximum atomic E-state index is 12.4. The van der Waals surface area contributed by atoms with E-state index in [2.05, 4.69) is 20.4 Å². The van der Waals surface area contributed by atoms with Crippen molar-refractivity contribution < 1.29 is 9.21 Å². The van der Waals surface area contributed by atoms with Crippen molar-refractivity contribution in [3.63, 3.8) is 0 Å². The minimum absolute atomic E-state index is 0.150. The highest BCUT2D eigenvalue weighted by atomic mass is 16.3. The third-order valence-electron chi connectivity index (χ3n) is 4.98. The monoisotopic (exact) mass is 399 g/mol. The van der Waals surface area contributed by atoms with Crippen molar-refractivity contribution in [1.29, 1.82) is 0 Å². The molecule has 0 saturated carbocycles. The highest BCUT2D eigenvalue weighted by molar-refractivity contribution is 6.12. The number of anilines is 1. The van der Waals surface area contributed by atoms with Crippen LogP contribution in [0.15, 0.2) is 75.2 Å². The molecule has 0 bridgehead atoms. The molecule has 5 rings (SSSR count). The SMILES string of the molecule is Cc1cc(=O)[nH]n1-c1ccc(N=CC2C(=O)Nc3ncc(-c4ccco4)cc32)cc1. The van der Waals surface area contributed by atoms with Gasteiger partial charge in [-0.15, -0.1) is 0 Å². The largest absolute Gasteiger partial charge is 0.464 e. The smallest absolute Gasteiger partial charge is 0.264 e. The van der Waals surface area contributed by atoms with E-state index < -0.39 is 5.92 Å². The molecule has 3 aromatic heterocycles. The molecule has 1 aliphatic rings. The summed E-state index contributed by atoms with van der Waals surface area (Å²) in [6.07, 6.45) is 4.88. The Morgan fingerprint density at radius 3 is 2.70 bits per heavy atom. The second kappa shape index (κ2) is 7.00. The summed E-state index contributed by atoms with van der Waals surface area (Å²) >= 11 is 0. The van der Waals surface area contributed by atoms with Gasteiger partial charge < -0.3 is 9.73 Å². The van der Waals surface area contributed by atoms with Gasteiger partial charge in [0.05, 0.1) is 17.6 Å². The molecule has 0 fully saturated rings. The summed E-state index contributed by atoms with van der Waals surface area (Å²) in [4.78, 5) is 32.7. The Kier molecular flexibility index (Phi) is 4.17. The number of aromatic nitrogens is 3. The first kappa shape index (κ1) is 17.9. The van der Waals surface area contributed by atoms with Gasteiger partial charge in [-0.1, -0.05) is 0 Å². The molecule has 0 radical (unpaired) electrons. The maximum absolute atomic E-state index is 12.4. The quantitative estimate of drug-likeness (QED) is 0.512. The molecule has 1 aromatic carbocycles. The zero-order valence-corrected chi connectivity index (χ0v) is 16.0. The van der Waals surface area contributed by atoms with E-state index in [1.165, 1.54) is 6.07 Å². The number of hydrogen-bond donors (Lipinski definition) is 2. The van der Waals surface area contributed by atoms with Crippen molar-refractivity contribution in [2.45, 2.75) is 12.8 Å². The molecule has 4 aromatic rings. The van der Waals surface area contributed by atoms with Crippen LogP contribution in [0.2, 0.25) is 0 Å². The summed E-state index contributed by atoms with van der Waals surface area (Å²) in [7, 11) is 0. The number of fused-ring (bicyclic) bond motifs is 1. The lowest BCUT2D eigenvalue weighted by molar-refractivity contribution is -0.115. The van der Waals surface area contributed by atoms with Crippen LogP contribution in [0.3, 0.4) is 0 Å². The standard InChI is InChI=1S/C22H17N5O3/c1-13-9-20(28)26-27(13)16-6-4-15(5-7-16)23-12-18-17-10-14(19-3-2-8-30-19)11-24-21(17)25-22(18)29/h2-12,18H,1H3,(H,26,28)(H,24,25,29). The van der Waals surface area contributed by atoms with Gasteiger partial charge in [-0.25, -0.2) is 4.98 Å². The lowest BCUT2D eigenvalue weighted by Gasteiger charge is -2.06. The first-order chi connectivity index (χ1) is 14.6. The molecule has 1 unspecified atom stereocenters. The molecule has 8 nitrogen and oxygen atoms in total. The van der Waals surface area contributed by atoms with Gasteiger partial charge in [0.1, 0.15) is 17.5 Å². The summed E-state index contributed by atoms with van der Waals surface area (Å²) in [5, 5.41) is 5.53. The first-order valence-electron chi connectivity index (χ1n) is 9.36. The van der Waals surface area contributed by atoms with Crippen molar-refractivity contribution in [3.8, 4) is 17.0 Å². The summed E-state index contributed by atoms with van der Waals surface area (Å²) in [6, 6.07) is 14.4.